The molecule has 2 aromatic rings. The van der Waals surface area contributed by atoms with E-state index in [2.05, 4.69) is 10.3 Å². The van der Waals surface area contributed by atoms with Crippen molar-refractivity contribution in [3.05, 3.63) is 47.1 Å². The van der Waals surface area contributed by atoms with Crippen LogP contribution in [0.5, 0.6) is 0 Å². The molecule has 0 spiro atoms. The van der Waals surface area contributed by atoms with E-state index in [1.807, 2.05) is 13.0 Å². The maximum absolute atomic E-state index is 11.8. The van der Waals surface area contributed by atoms with Crippen molar-refractivity contribution in [2.45, 2.75) is 16.8 Å². The van der Waals surface area contributed by atoms with Crippen molar-refractivity contribution in [2.24, 2.45) is 0 Å². The van der Waals surface area contributed by atoms with Crippen LogP contribution in [-0.4, -0.2) is 17.4 Å². The monoisotopic (exact) mass is 307 g/mol. The number of halogens is 1. The van der Waals surface area contributed by atoms with Gasteiger partial charge >= 0.3 is 0 Å². The van der Waals surface area contributed by atoms with E-state index in [0.29, 0.717) is 22.8 Å². The molecular formula is C14H14ClN3OS. The molecule has 0 atom stereocenters. The molecule has 0 aliphatic rings. The van der Waals surface area contributed by atoms with Gasteiger partial charge in [-0.2, -0.15) is 0 Å². The van der Waals surface area contributed by atoms with Crippen molar-refractivity contribution in [3.63, 3.8) is 0 Å². The summed E-state index contributed by atoms with van der Waals surface area (Å²) >= 11 is 7.20. The summed E-state index contributed by atoms with van der Waals surface area (Å²) in [5.41, 5.74) is 7.13. The molecule has 0 saturated carbocycles. The van der Waals surface area contributed by atoms with E-state index in [1.165, 1.54) is 11.8 Å². The van der Waals surface area contributed by atoms with Crippen LogP contribution >= 0.6 is 23.4 Å². The van der Waals surface area contributed by atoms with Crippen molar-refractivity contribution in [2.75, 3.05) is 12.3 Å². The molecule has 4 nitrogen and oxygen atoms in total. The summed E-state index contributed by atoms with van der Waals surface area (Å²) < 4.78 is 0. The Bertz CT molecular complexity index is 616. The maximum atomic E-state index is 11.8. The molecule has 1 aromatic heterocycles. The van der Waals surface area contributed by atoms with E-state index in [4.69, 9.17) is 17.3 Å². The Morgan fingerprint density at radius 3 is 2.85 bits per heavy atom. The lowest BCUT2D eigenvalue weighted by Crippen LogP contribution is -2.22. The lowest BCUT2D eigenvalue weighted by molar-refractivity contribution is 0.0955. The zero-order valence-electron chi connectivity index (χ0n) is 10.9. The van der Waals surface area contributed by atoms with Gasteiger partial charge in [0.15, 0.2) is 0 Å². The molecule has 0 aliphatic heterocycles. The standard InChI is InChI=1S/C14H14ClN3OS/c1-2-17-14(19)9-3-5-11(16)12(7-9)20-13-6-4-10(15)8-18-13/h3-8H,2,16H2,1H3,(H,17,19). The Labute approximate surface area is 126 Å². The predicted molar refractivity (Wildman–Crippen MR) is 82.2 cm³/mol. The molecule has 2 rings (SSSR count). The number of anilines is 1. The SMILES string of the molecule is CCNC(=O)c1ccc(N)c(Sc2ccc(Cl)cn2)c1. The van der Waals surface area contributed by atoms with Gasteiger partial charge in [0.2, 0.25) is 0 Å². The number of nitrogens with zero attached hydrogens (tertiary/aromatic N) is 1. The number of nitrogens with two attached hydrogens (primary N) is 1. The highest BCUT2D eigenvalue weighted by molar-refractivity contribution is 7.99. The van der Waals surface area contributed by atoms with Crippen LogP contribution in [0.15, 0.2) is 46.5 Å². The predicted octanol–water partition coefficient (Wildman–Crippen LogP) is 3.22. The molecule has 0 radical (unpaired) electrons. The average molecular weight is 308 g/mol. The van der Waals surface area contributed by atoms with E-state index < -0.39 is 0 Å². The molecule has 0 unspecified atom stereocenters. The average Bonchev–Trinajstić information content (AvgIpc) is 2.44. The molecule has 0 aliphatic carbocycles. The van der Waals surface area contributed by atoms with Gasteiger partial charge in [0.25, 0.3) is 5.91 Å². The smallest absolute Gasteiger partial charge is 0.251 e. The molecule has 3 N–H and O–H groups in total. The summed E-state index contributed by atoms with van der Waals surface area (Å²) in [6, 6.07) is 8.77. The zero-order chi connectivity index (χ0) is 14.5. The van der Waals surface area contributed by atoms with Crippen molar-refractivity contribution in [1.29, 1.82) is 0 Å². The van der Waals surface area contributed by atoms with Crippen LogP contribution in [0.2, 0.25) is 5.02 Å². The third-order valence-electron chi connectivity index (χ3n) is 2.53. The fourth-order valence-electron chi connectivity index (χ4n) is 1.56. The number of carbonyl (C=O) groups excluding carboxylic acids is 1. The summed E-state index contributed by atoms with van der Waals surface area (Å²) in [4.78, 5) is 16.8. The minimum atomic E-state index is -0.113. The second-order valence-electron chi connectivity index (χ2n) is 4.03. The Balaban J connectivity index is 2.24. The summed E-state index contributed by atoms with van der Waals surface area (Å²) in [7, 11) is 0. The third-order valence-corrected chi connectivity index (χ3v) is 3.78. The maximum Gasteiger partial charge on any atom is 0.251 e. The van der Waals surface area contributed by atoms with E-state index in [9.17, 15) is 4.79 Å². The first-order chi connectivity index (χ1) is 9.60. The lowest BCUT2D eigenvalue weighted by atomic mass is 10.2. The number of rotatable bonds is 4. The highest BCUT2D eigenvalue weighted by Crippen LogP contribution is 2.31. The molecule has 0 bridgehead atoms. The number of aromatic nitrogens is 1. The molecule has 1 amide bonds. The van der Waals surface area contributed by atoms with E-state index in [-0.39, 0.29) is 5.91 Å². The van der Waals surface area contributed by atoms with Crippen molar-refractivity contribution in [1.82, 2.24) is 10.3 Å². The number of nitrogen functional groups attached to an aromatic ring is 1. The van der Waals surface area contributed by atoms with Crippen LogP contribution in [0.25, 0.3) is 0 Å². The molecular weight excluding hydrogens is 294 g/mol. The molecule has 1 aromatic carbocycles. The number of pyridine rings is 1. The zero-order valence-corrected chi connectivity index (χ0v) is 12.5. The second kappa shape index (κ2) is 6.63. The number of benzene rings is 1. The van der Waals surface area contributed by atoms with Crippen LogP contribution in [0.1, 0.15) is 17.3 Å². The van der Waals surface area contributed by atoms with Gasteiger partial charge in [-0.25, -0.2) is 4.98 Å². The second-order valence-corrected chi connectivity index (χ2v) is 5.53. The number of amides is 1. The van der Waals surface area contributed by atoms with E-state index in [0.717, 1.165) is 9.92 Å². The highest BCUT2D eigenvalue weighted by Gasteiger charge is 2.09. The van der Waals surface area contributed by atoms with Gasteiger partial charge in [0.05, 0.1) is 5.02 Å². The lowest BCUT2D eigenvalue weighted by Gasteiger charge is -2.08. The number of hydrogen-bond donors (Lipinski definition) is 2. The Kier molecular flexibility index (Phi) is 4.87. The van der Waals surface area contributed by atoms with Crippen molar-refractivity contribution in [3.8, 4) is 0 Å². The van der Waals surface area contributed by atoms with E-state index in [1.54, 1.807) is 30.5 Å². The van der Waals surface area contributed by atoms with Crippen LogP contribution < -0.4 is 11.1 Å². The number of nitrogens with one attached hydrogen (secondary N) is 1. The molecule has 20 heavy (non-hydrogen) atoms. The van der Waals surface area contributed by atoms with Crippen LogP contribution in [0, 0.1) is 0 Å². The van der Waals surface area contributed by atoms with Crippen LogP contribution in [0.3, 0.4) is 0 Å². The van der Waals surface area contributed by atoms with Gasteiger partial charge < -0.3 is 11.1 Å². The third kappa shape index (κ3) is 3.65. The first-order valence-electron chi connectivity index (χ1n) is 6.07. The first-order valence-corrected chi connectivity index (χ1v) is 7.26. The summed E-state index contributed by atoms with van der Waals surface area (Å²) in [6.45, 7) is 2.47. The summed E-state index contributed by atoms with van der Waals surface area (Å²) in [5.74, 6) is -0.113. The largest absolute Gasteiger partial charge is 0.398 e. The molecule has 1 heterocycles. The van der Waals surface area contributed by atoms with Gasteiger partial charge in [-0.1, -0.05) is 23.4 Å². The topological polar surface area (TPSA) is 68.0 Å². The van der Waals surface area contributed by atoms with Crippen LogP contribution in [-0.2, 0) is 0 Å². The van der Waals surface area contributed by atoms with Gasteiger partial charge in [0, 0.05) is 28.9 Å². The minimum absolute atomic E-state index is 0.113. The minimum Gasteiger partial charge on any atom is -0.398 e. The van der Waals surface area contributed by atoms with Gasteiger partial charge in [0.1, 0.15) is 5.03 Å². The van der Waals surface area contributed by atoms with Gasteiger partial charge in [-0.3, -0.25) is 4.79 Å². The number of carbonyl (C=O) groups is 1. The first kappa shape index (κ1) is 14.7. The molecule has 0 fully saturated rings. The van der Waals surface area contributed by atoms with E-state index >= 15 is 0 Å². The van der Waals surface area contributed by atoms with Crippen molar-refractivity contribution >= 4 is 35.0 Å². The fourth-order valence-corrected chi connectivity index (χ4v) is 2.51. The molecule has 0 saturated heterocycles. The fraction of sp³-hybridized carbons (Fsp3) is 0.143. The number of hydrogen-bond acceptors (Lipinski definition) is 4. The normalized spacial score (nSPS) is 10.3. The summed E-state index contributed by atoms with van der Waals surface area (Å²) in [5, 5.41) is 4.11. The van der Waals surface area contributed by atoms with Crippen molar-refractivity contribution < 1.29 is 4.79 Å². The quantitative estimate of drug-likeness (QED) is 0.851. The molecule has 6 heteroatoms. The van der Waals surface area contributed by atoms with Gasteiger partial charge in [-0.05, 0) is 37.3 Å². The Morgan fingerprint density at radius 2 is 2.20 bits per heavy atom. The highest BCUT2D eigenvalue weighted by atomic mass is 35.5. The van der Waals surface area contributed by atoms with Crippen LogP contribution in [0.4, 0.5) is 5.69 Å². The Morgan fingerprint density at radius 1 is 1.40 bits per heavy atom. The van der Waals surface area contributed by atoms with Gasteiger partial charge in [-0.15, -0.1) is 0 Å². The Hall–Kier alpha value is -1.72. The summed E-state index contributed by atoms with van der Waals surface area (Å²) in [6.07, 6.45) is 1.58. The molecule has 104 valence electrons.